The molecule has 1 aromatic carbocycles. The molecule has 13 rings (SSSR count). The molecule has 0 aliphatic rings. The summed E-state index contributed by atoms with van der Waals surface area (Å²) in [7, 11) is 0. The standard InChI is InChI=1S/C74H72Br2N4S10/c1-5-9-13-17-21-45-25-29-49(81-45)53-33-37-59(85-53)67-68(60-38-34-54(86-60)50-30-26-46(82-50)22-18-14-10-6-2)78-72-66(58-42-44-64(76)90-58)74-73(65(71(72)77-67)57-41-43-63(75)89-57)79-69(61-39-35-55(87-61)51-31-27-47(83-51)23-19-15-11-7-3)70(80-74)62-40-36-56(88-62)52-32-28-48(84-52)24-20-16-12-8-4/h25-44H,5-24H2,1-4H3. The van der Waals surface area contributed by atoms with Crippen LogP contribution in [0.4, 0.5) is 0 Å². The number of rotatable bonds is 30. The van der Waals surface area contributed by atoms with Gasteiger partial charge in [0.2, 0.25) is 0 Å². The summed E-state index contributed by atoms with van der Waals surface area (Å²) >= 11 is 26.4. The number of aryl methyl sites for hydroxylation is 4. The lowest BCUT2D eigenvalue weighted by Gasteiger charge is -2.18. The van der Waals surface area contributed by atoms with Gasteiger partial charge < -0.3 is 0 Å². The Morgan fingerprint density at radius 3 is 0.689 bits per heavy atom. The Hall–Kier alpha value is -4.14. The Labute approximate surface area is 587 Å². The molecule has 462 valence electrons. The fourth-order valence-corrected chi connectivity index (χ4v) is 23.1. The van der Waals surface area contributed by atoms with E-state index in [2.05, 4.69) is 181 Å². The number of fused-ring (bicyclic) bond motifs is 2. The highest BCUT2D eigenvalue weighted by Crippen LogP contribution is 2.52. The predicted octanol–water partition coefficient (Wildman–Crippen LogP) is 28.9. The molecule has 0 spiro atoms. The fourth-order valence-electron chi connectivity index (χ4n) is 11.7. The van der Waals surface area contributed by atoms with Gasteiger partial charge in [-0.25, -0.2) is 19.9 Å². The number of aromatic nitrogens is 4. The summed E-state index contributed by atoms with van der Waals surface area (Å²) in [5.74, 6) is 0. The number of thiophene rings is 10. The minimum atomic E-state index is 0.824. The third kappa shape index (κ3) is 14.7. The van der Waals surface area contributed by atoms with Gasteiger partial charge in [0.1, 0.15) is 44.8 Å². The molecule has 0 fully saturated rings. The fraction of sp³-hybridized carbons (Fsp3) is 0.324. The molecule has 0 atom stereocenters. The first-order valence-corrected chi connectivity index (χ1v) is 41.8. The zero-order chi connectivity index (χ0) is 61.5. The normalized spacial score (nSPS) is 11.9. The number of benzene rings is 1. The van der Waals surface area contributed by atoms with Crippen molar-refractivity contribution >= 4 is 167 Å². The van der Waals surface area contributed by atoms with Crippen molar-refractivity contribution in [3.63, 3.8) is 0 Å². The average molecular weight is 1500 g/mol. The van der Waals surface area contributed by atoms with Crippen molar-refractivity contribution in [2.24, 2.45) is 0 Å². The Bertz CT molecular complexity index is 4000. The van der Waals surface area contributed by atoms with E-state index in [4.69, 9.17) is 19.9 Å². The van der Waals surface area contributed by atoms with Gasteiger partial charge in [0, 0.05) is 79.4 Å². The molecule has 90 heavy (non-hydrogen) atoms. The van der Waals surface area contributed by atoms with E-state index in [1.165, 1.54) is 161 Å². The zero-order valence-electron chi connectivity index (χ0n) is 51.3. The van der Waals surface area contributed by atoms with Crippen molar-refractivity contribution in [3.05, 3.63) is 148 Å². The Morgan fingerprint density at radius 2 is 0.456 bits per heavy atom. The first-order chi connectivity index (χ1) is 44.2. The molecular formula is C74H72Br2N4S10. The van der Waals surface area contributed by atoms with Crippen molar-refractivity contribution in [1.29, 1.82) is 0 Å². The van der Waals surface area contributed by atoms with Crippen LogP contribution in [0.1, 0.15) is 150 Å². The van der Waals surface area contributed by atoms with Gasteiger partial charge in [-0.3, -0.25) is 0 Å². The molecule has 0 N–H and O–H groups in total. The highest BCUT2D eigenvalue weighted by atomic mass is 79.9. The van der Waals surface area contributed by atoms with Crippen LogP contribution in [0.25, 0.3) is 124 Å². The second kappa shape index (κ2) is 30.5. The topological polar surface area (TPSA) is 51.6 Å². The van der Waals surface area contributed by atoms with Gasteiger partial charge in [-0.05, 0) is 205 Å². The van der Waals surface area contributed by atoms with E-state index in [1.54, 1.807) is 22.7 Å². The van der Waals surface area contributed by atoms with Crippen LogP contribution in [0, 0.1) is 0 Å². The molecule has 16 heteroatoms. The zero-order valence-corrected chi connectivity index (χ0v) is 62.7. The van der Waals surface area contributed by atoms with Crippen LogP contribution >= 0.6 is 145 Å². The summed E-state index contributed by atoms with van der Waals surface area (Å²) < 4.78 is 2.08. The SMILES string of the molecule is CCCCCCc1ccc(-c2ccc(-c3nc4c(-c5ccc(Br)s5)c5nc(-c6ccc(-c7ccc(CCCCCC)s7)s6)c(-c6ccc(-c7ccc(CCCCCC)s7)s6)nc5c(-c5ccc(Br)s5)c4nc3-c3ccc(-c4ccc(CCCCCC)s4)s3)s2)s1. The number of hydrogen-bond acceptors (Lipinski definition) is 14. The maximum absolute atomic E-state index is 6.07. The van der Waals surface area contributed by atoms with Crippen LogP contribution in [-0.2, 0) is 25.7 Å². The molecule has 0 radical (unpaired) electrons. The lowest BCUT2D eigenvalue weighted by Crippen LogP contribution is -2.02. The van der Waals surface area contributed by atoms with Crippen molar-refractivity contribution < 1.29 is 0 Å². The molecular weight excluding hydrogens is 1430 g/mol. The lowest BCUT2D eigenvalue weighted by atomic mass is 10.00. The average Bonchev–Trinajstić information content (AvgIpc) is 1.26. The highest BCUT2D eigenvalue weighted by molar-refractivity contribution is 9.11. The molecule has 0 unspecified atom stereocenters. The number of nitrogens with zero attached hydrogens (tertiary/aromatic N) is 4. The van der Waals surface area contributed by atoms with Crippen LogP contribution in [0.5, 0.6) is 0 Å². The Balaban J connectivity index is 1.03. The molecule has 0 aliphatic carbocycles. The van der Waals surface area contributed by atoms with Crippen LogP contribution in [0.2, 0.25) is 0 Å². The number of hydrogen-bond donors (Lipinski definition) is 0. The van der Waals surface area contributed by atoms with Crippen molar-refractivity contribution in [2.45, 2.75) is 156 Å². The Morgan fingerprint density at radius 1 is 0.233 bits per heavy atom. The third-order valence-corrected chi connectivity index (χ3v) is 29.5. The van der Waals surface area contributed by atoms with E-state index < -0.39 is 0 Å². The third-order valence-electron chi connectivity index (χ3n) is 16.5. The molecule has 4 nitrogen and oxygen atoms in total. The Kier molecular flexibility index (Phi) is 21.9. The maximum Gasteiger partial charge on any atom is 0.108 e. The summed E-state index contributed by atoms with van der Waals surface area (Å²) in [6.07, 6.45) is 24.7. The first kappa shape index (κ1) is 64.6. The monoisotopic (exact) mass is 1490 g/mol. The summed E-state index contributed by atoms with van der Waals surface area (Å²) in [6, 6.07) is 45.9. The van der Waals surface area contributed by atoms with Gasteiger partial charge in [0.15, 0.2) is 0 Å². The molecule has 0 saturated heterocycles. The molecule has 0 bridgehead atoms. The minimum absolute atomic E-state index is 0.824. The smallest absolute Gasteiger partial charge is 0.108 e. The molecule has 12 aromatic heterocycles. The van der Waals surface area contributed by atoms with Crippen LogP contribution in [-0.4, -0.2) is 19.9 Å². The van der Waals surface area contributed by atoms with Crippen LogP contribution in [0.15, 0.2) is 129 Å². The van der Waals surface area contributed by atoms with Crippen molar-refractivity contribution in [2.75, 3.05) is 0 Å². The molecule has 0 saturated carbocycles. The van der Waals surface area contributed by atoms with Crippen LogP contribution in [0.3, 0.4) is 0 Å². The molecule has 13 aromatic rings. The van der Waals surface area contributed by atoms with Gasteiger partial charge in [0.05, 0.1) is 27.1 Å². The molecule has 0 aliphatic heterocycles. The van der Waals surface area contributed by atoms with E-state index in [1.807, 2.05) is 90.7 Å². The lowest BCUT2D eigenvalue weighted by molar-refractivity contribution is 0.670. The summed E-state index contributed by atoms with van der Waals surface area (Å²) in [5, 5.41) is 0. The first-order valence-electron chi connectivity index (χ1n) is 32.1. The number of unbranched alkanes of at least 4 members (excludes halogenated alkanes) is 12. The van der Waals surface area contributed by atoms with E-state index >= 15 is 0 Å². The predicted molar refractivity (Wildman–Crippen MR) is 413 cm³/mol. The van der Waals surface area contributed by atoms with Crippen molar-refractivity contribution in [1.82, 2.24) is 19.9 Å². The highest BCUT2D eigenvalue weighted by Gasteiger charge is 2.30. The maximum atomic E-state index is 6.07. The van der Waals surface area contributed by atoms with E-state index in [0.29, 0.717) is 0 Å². The van der Waals surface area contributed by atoms with Gasteiger partial charge in [-0.2, -0.15) is 0 Å². The van der Waals surface area contributed by atoms with E-state index in [0.717, 1.165) is 118 Å². The van der Waals surface area contributed by atoms with E-state index in [-0.39, 0.29) is 0 Å². The van der Waals surface area contributed by atoms with Gasteiger partial charge in [-0.1, -0.05) is 105 Å². The largest absolute Gasteiger partial charge is 0.242 e. The van der Waals surface area contributed by atoms with Gasteiger partial charge in [0.25, 0.3) is 0 Å². The van der Waals surface area contributed by atoms with Gasteiger partial charge >= 0.3 is 0 Å². The second-order valence-electron chi connectivity index (χ2n) is 23.2. The molecule has 0 amide bonds. The van der Waals surface area contributed by atoms with Gasteiger partial charge in [-0.15, -0.1) is 113 Å². The quantitative estimate of drug-likeness (QED) is 0.0333. The van der Waals surface area contributed by atoms with Crippen LogP contribution < -0.4 is 0 Å². The van der Waals surface area contributed by atoms with E-state index in [9.17, 15) is 0 Å². The minimum Gasteiger partial charge on any atom is -0.242 e. The summed E-state index contributed by atoms with van der Waals surface area (Å²) in [5.41, 5.74) is 8.75. The van der Waals surface area contributed by atoms with Crippen molar-refractivity contribution in [3.8, 4) is 102 Å². The molecule has 12 heterocycles. The summed E-state index contributed by atoms with van der Waals surface area (Å²) in [4.78, 5) is 46.9. The second-order valence-corrected chi connectivity index (χ2v) is 37.1. The summed E-state index contributed by atoms with van der Waals surface area (Å²) in [6.45, 7) is 9.15. The number of halogens is 2.